The van der Waals surface area contributed by atoms with Gasteiger partial charge >= 0.3 is 0 Å². The van der Waals surface area contributed by atoms with Gasteiger partial charge in [0.25, 0.3) is 5.91 Å². The van der Waals surface area contributed by atoms with E-state index in [2.05, 4.69) is 41.3 Å². The number of anilines is 1. The van der Waals surface area contributed by atoms with Gasteiger partial charge in [-0.1, -0.05) is 54.1 Å². The van der Waals surface area contributed by atoms with Crippen LogP contribution in [0, 0.1) is 5.92 Å². The van der Waals surface area contributed by atoms with Gasteiger partial charge in [0.2, 0.25) is 0 Å². The molecule has 1 amide bonds. The Hall–Kier alpha value is -2.04. The van der Waals surface area contributed by atoms with Crippen LogP contribution < -0.4 is 9.80 Å². The molecule has 2 aliphatic rings. The molecule has 0 saturated carbocycles. The molecule has 4 rings (SSSR count). The fourth-order valence-corrected chi connectivity index (χ4v) is 4.90. The smallest absolute Gasteiger partial charge is 0.277 e. The topological polar surface area (TPSA) is 28.0 Å². The zero-order chi connectivity index (χ0) is 20.1. The van der Waals surface area contributed by atoms with Gasteiger partial charge in [0.05, 0.1) is 23.8 Å². The Morgan fingerprint density at radius 1 is 0.931 bits per heavy atom. The molecule has 0 bridgehead atoms. The van der Waals surface area contributed by atoms with Crippen molar-refractivity contribution in [2.45, 2.75) is 19.3 Å². The molecule has 2 aromatic carbocycles. The van der Waals surface area contributed by atoms with Gasteiger partial charge in [0.15, 0.2) is 6.54 Å². The Balaban J connectivity index is 1.20. The highest BCUT2D eigenvalue weighted by Gasteiger charge is 2.28. The summed E-state index contributed by atoms with van der Waals surface area (Å²) in [6.45, 7) is 6.14. The lowest BCUT2D eigenvalue weighted by atomic mass is 9.90. The van der Waals surface area contributed by atoms with Crippen LogP contribution in [0.4, 0.5) is 5.69 Å². The SMILES string of the molecule is O=C(C[NH+]1CCC(Cc2ccccc2)CC1)N1CCN(c2ccccc2Cl)CC1. The fourth-order valence-electron chi connectivity index (χ4n) is 4.64. The predicted molar refractivity (Wildman–Crippen MR) is 119 cm³/mol. The lowest BCUT2D eigenvalue weighted by Gasteiger charge is -2.37. The second-order valence-corrected chi connectivity index (χ2v) is 8.79. The number of carbonyl (C=O) groups excluding carboxylic acids is 1. The number of nitrogens with one attached hydrogen (secondary N) is 1. The number of likely N-dealkylation sites (tertiary alicyclic amines) is 1. The Bertz CT molecular complexity index is 797. The molecule has 2 saturated heterocycles. The van der Waals surface area contributed by atoms with E-state index < -0.39 is 0 Å². The third-order valence-electron chi connectivity index (χ3n) is 6.41. The number of rotatable bonds is 5. The number of para-hydroxylation sites is 1. The van der Waals surface area contributed by atoms with Gasteiger partial charge in [-0.05, 0) is 42.9 Å². The second-order valence-electron chi connectivity index (χ2n) is 8.38. The van der Waals surface area contributed by atoms with Crippen LogP contribution in [0.2, 0.25) is 5.02 Å². The van der Waals surface area contributed by atoms with Crippen LogP contribution in [-0.4, -0.2) is 56.6 Å². The Kier molecular flexibility index (Phi) is 6.73. The van der Waals surface area contributed by atoms with E-state index in [0.29, 0.717) is 12.5 Å². The molecule has 2 aliphatic heterocycles. The highest BCUT2D eigenvalue weighted by Crippen LogP contribution is 2.26. The molecule has 2 fully saturated rings. The van der Waals surface area contributed by atoms with Gasteiger partial charge < -0.3 is 14.7 Å². The number of amides is 1. The summed E-state index contributed by atoms with van der Waals surface area (Å²) in [5.41, 5.74) is 2.51. The van der Waals surface area contributed by atoms with E-state index in [1.807, 2.05) is 23.1 Å². The van der Waals surface area contributed by atoms with Crippen molar-refractivity contribution in [3.8, 4) is 0 Å². The second kappa shape index (κ2) is 9.64. The number of benzene rings is 2. The Morgan fingerprint density at radius 2 is 1.59 bits per heavy atom. The summed E-state index contributed by atoms with van der Waals surface area (Å²) in [6.07, 6.45) is 3.61. The largest absolute Gasteiger partial charge is 0.367 e. The monoisotopic (exact) mass is 412 g/mol. The fraction of sp³-hybridized carbons (Fsp3) is 0.458. The van der Waals surface area contributed by atoms with Crippen molar-refractivity contribution < 1.29 is 9.69 Å². The first-order valence-corrected chi connectivity index (χ1v) is 11.2. The minimum atomic E-state index is 0.306. The molecule has 29 heavy (non-hydrogen) atoms. The highest BCUT2D eigenvalue weighted by molar-refractivity contribution is 6.33. The summed E-state index contributed by atoms with van der Waals surface area (Å²) >= 11 is 6.32. The van der Waals surface area contributed by atoms with E-state index in [1.54, 1.807) is 0 Å². The molecule has 4 nitrogen and oxygen atoms in total. The first-order chi connectivity index (χ1) is 14.2. The minimum absolute atomic E-state index is 0.306. The maximum atomic E-state index is 12.8. The molecular weight excluding hydrogens is 382 g/mol. The summed E-state index contributed by atoms with van der Waals surface area (Å²) in [4.78, 5) is 18.6. The van der Waals surface area contributed by atoms with Crippen LogP contribution in [0.25, 0.3) is 0 Å². The van der Waals surface area contributed by atoms with Crippen LogP contribution in [-0.2, 0) is 11.2 Å². The molecule has 0 atom stereocenters. The summed E-state index contributed by atoms with van der Waals surface area (Å²) in [5.74, 6) is 1.07. The minimum Gasteiger partial charge on any atom is -0.367 e. The van der Waals surface area contributed by atoms with E-state index in [1.165, 1.54) is 29.7 Å². The molecule has 2 aromatic rings. The predicted octanol–water partition coefficient (Wildman–Crippen LogP) is 2.53. The zero-order valence-corrected chi connectivity index (χ0v) is 17.8. The number of piperidine rings is 1. The van der Waals surface area contributed by atoms with Crippen LogP contribution >= 0.6 is 11.6 Å². The average molecular weight is 413 g/mol. The lowest BCUT2D eigenvalue weighted by Crippen LogP contribution is -3.14. The van der Waals surface area contributed by atoms with Crippen molar-refractivity contribution in [2.24, 2.45) is 5.92 Å². The molecule has 5 heteroatoms. The number of halogens is 1. The molecule has 0 spiro atoms. The number of hydrogen-bond acceptors (Lipinski definition) is 2. The third kappa shape index (κ3) is 5.31. The van der Waals surface area contributed by atoms with E-state index in [9.17, 15) is 4.79 Å². The van der Waals surface area contributed by atoms with Crippen molar-refractivity contribution in [2.75, 3.05) is 50.7 Å². The van der Waals surface area contributed by atoms with Crippen molar-refractivity contribution in [3.63, 3.8) is 0 Å². The first-order valence-electron chi connectivity index (χ1n) is 10.8. The van der Waals surface area contributed by atoms with Crippen molar-refractivity contribution in [1.29, 1.82) is 0 Å². The number of hydrogen-bond donors (Lipinski definition) is 1. The van der Waals surface area contributed by atoms with E-state index in [-0.39, 0.29) is 0 Å². The summed E-state index contributed by atoms with van der Waals surface area (Å²) in [6, 6.07) is 18.7. The lowest BCUT2D eigenvalue weighted by molar-refractivity contribution is -0.898. The van der Waals surface area contributed by atoms with Gasteiger partial charge in [-0.3, -0.25) is 4.79 Å². The third-order valence-corrected chi connectivity index (χ3v) is 6.73. The van der Waals surface area contributed by atoms with Crippen molar-refractivity contribution >= 4 is 23.2 Å². The highest BCUT2D eigenvalue weighted by atomic mass is 35.5. The quantitative estimate of drug-likeness (QED) is 0.817. The van der Waals surface area contributed by atoms with Crippen LogP contribution in [0.5, 0.6) is 0 Å². The molecule has 0 radical (unpaired) electrons. The number of quaternary nitrogens is 1. The standard InChI is InChI=1S/C24H30ClN3O/c25-22-8-4-5-9-23(22)27-14-16-28(17-15-27)24(29)19-26-12-10-21(11-13-26)18-20-6-2-1-3-7-20/h1-9,21H,10-19H2/p+1. The molecular formula is C24H31ClN3O+. The van der Waals surface area contributed by atoms with Gasteiger partial charge in [-0.15, -0.1) is 0 Å². The van der Waals surface area contributed by atoms with Gasteiger partial charge in [0, 0.05) is 26.2 Å². The van der Waals surface area contributed by atoms with Crippen LogP contribution in [0.3, 0.4) is 0 Å². The average Bonchev–Trinajstić information content (AvgIpc) is 2.76. The molecule has 0 aliphatic carbocycles. The normalized spacial score (nSPS) is 22.5. The van der Waals surface area contributed by atoms with E-state index in [4.69, 9.17) is 11.6 Å². The Labute approximate surface area is 179 Å². The first kappa shape index (κ1) is 20.2. The molecule has 0 unspecified atom stereocenters. The zero-order valence-electron chi connectivity index (χ0n) is 17.0. The maximum Gasteiger partial charge on any atom is 0.277 e. The molecule has 0 aromatic heterocycles. The number of nitrogens with zero attached hydrogens (tertiary/aromatic N) is 2. The summed E-state index contributed by atoms with van der Waals surface area (Å²) in [7, 11) is 0. The maximum absolute atomic E-state index is 12.8. The summed E-state index contributed by atoms with van der Waals surface area (Å²) < 4.78 is 0. The van der Waals surface area contributed by atoms with Gasteiger partial charge in [-0.2, -0.15) is 0 Å². The molecule has 2 heterocycles. The molecule has 154 valence electrons. The Morgan fingerprint density at radius 3 is 2.28 bits per heavy atom. The van der Waals surface area contributed by atoms with E-state index in [0.717, 1.165) is 55.9 Å². The van der Waals surface area contributed by atoms with Gasteiger partial charge in [0.1, 0.15) is 0 Å². The summed E-state index contributed by atoms with van der Waals surface area (Å²) in [5, 5.41) is 0.787. The van der Waals surface area contributed by atoms with Crippen LogP contribution in [0.1, 0.15) is 18.4 Å². The number of piperazine rings is 1. The van der Waals surface area contributed by atoms with Crippen molar-refractivity contribution in [3.05, 3.63) is 65.2 Å². The van der Waals surface area contributed by atoms with Crippen molar-refractivity contribution in [1.82, 2.24) is 4.90 Å². The van der Waals surface area contributed by atoms with Gasteiger partial charge in [-0.25, -0.2) is 0 Å². The van der Waals surface area contributed by atoms with Crippen LogP contribution in [0.15, 0.2) is 54.6 Å². The number of carbonyl (C=O) groups is 1. The molecule has 1 N–H and O–H groups in total. The van der Waals surface area contributed by atoms with E-state index >= 15 is 0 Å².